The van der Waals surface area contributed by atoms with Gasteiger partial charge >= 0.3 is 0 Å². The highest BCUT2D eigenvalue weighted by Gasteiger charge is 2.17. The Bertz CT molecular complexity index is 336. The second-order valence-electron chi connectivity index (χ2n) is 5.41. The van der Waals surface area contributed by atoms with Gasteiger partial charge in [0.15, 0.2) is 0 Å². The molecule has 0 bridgehead atoms. The molecule has 1 aliphatic rings. The quantitative estimate of drug-likeness (QED) is 0.815. The van der Waals surface area contributed by atoms with Crippen LogP contribution in [0.3, 0.4) is 0 Å². The number of hydrogen-bond acceptors (Lipinski definition) is 3. The van der Waals surface area contributed by atoms with Gasteiger partial charge in [-0.1, -0.05) is 30.3 Å². The van der Waals surface area contributed by atoms with E-state index >= 15 is 0 Å². The van der Waals surface area contributed by atoms with Gasteiger partial charge in [0.05, 0.1) is 6.61 Å². The van der Waals surface area contributed by atoms with E-state index in [1.807, 2.05) is 0 Å². The highest BCUT2D eigenvalue weighted by atomic mass is 16.5. The predicted molar refractivity (Wildman–Crippen MR) is 79.2 cm³/mol. The molecule has 1 heterocycles. The van der Waals surface area contributed by atoms with Crippen LogP contribution < -0.4 is 5.32 Å². The van der Waals surface area contributed by atoms with Gasteiger partial charge < -0.3 is 10.1 Å². The minimum atomic E-state index is 0.817. The second kappa shape index (κ2) is 8.31. The molecule has 0 unspecified atom stereocenters. The lowest BCUT2D eigenvalue weighted by Gasteiger charge is -2.30. The molecule has 1 aliphatic heterocycles. The first-order valence-electron chi connectivity index (χ1n) is 7.34. The van der Waals surface area contributed by atoms with Crippen LogP contribution in [0.15, 0.2) is 30.3 Å². The molecule has 1 aromatic carbocycles. The topological polar surface area (TPSA) is 24.5 Å². The van der Waals surface area contributed by atoms with E-state index in [1.54, 1.807) is 7.11 Å². The van der Waals surface area contributed by atoms with Crippen molar-refractivity contribution in [3.63, 3.8) is 0 Å². The first-order valence-corrected chi connectivity index (χ1v) is 7.34. The molecule has 0 amide bonds. The lowest BCUT2D eigenvalue weighted by atomic mass is 9.97. The SMILES string of the molecule is COCCN(Cc1ccccc1)CC1CCNCC1. The number of piperidine rings is 1. The summed E-state index contributed by atoms with van der Waals surface area (Å²) in [5, 5.41) is 3.44. The van der Waals surface area contributed by atoms with E-state index < -0.39 is 0 Å². The third-order valence-corrected chi connectivity index (χ3v) is 3.84. The Morgan fingerprint density at radius 1 is 1.21 bits per heavy atom. The standard InChI is InChI=1S/C16H26N2O/c1-19-12-11-18(13-15-5-3-2-4-6-15)14-16-7-9-17-10-8-16/h2-6,16-17H,7-14H2,1H3. The fraction of sp³-hybridized carbons (Fsp3) is 0.625. The van der Waals surface area contributed by atoms with Crippen LogP contribution in [0.25, 0.3) is 0 Å². The number of rotatable bonds is 7. The molecule has 2 rings (SSSR count). The summed E-state index contributed by atoms with van der Waals surface area (Å²) in [7, 11) is 1.78. The molecule has 0 atom stereocenters. The molecular weight excluding hydrogens is 236 g/mol. The van der Waals surface area contributed by atoms with Crippen molar-refractivity contribution in [2.24, 2.45) is 5.92 Å². The summed E-state index contributed by atoms with van der Waals surface area (Å²) < 4.78 is 5.25. The van der Waals surface area contributed by atoms with E-state index in [2.05, 4.69) is 40.5 Å². The fourth-order valence-electron chi connectivity index (χ4n) is 2.73. The maximum atomic E-state index is 5.25. The first-order chi connectivity index (χ1) is 9.38. The van der Waals surface area contributed by atoms with Gasteiger partial charge in [-0.25, -0.2) is 0 Å². The van der Waals surface area contributed by atoms with Crippen molar-refractivity contribution in [2.75, 3.05) is 39.9 Å². The van der Waals surface area contributed by atoms with Crippen LogP contribution in [-0.2, 0) is 11.3 Å². The van der Waals surface area contributed by atoms with Gasteiger partial charge in [-0.3, -0.25) is 4.90 Å². The van der Waals surface area contributed by atoms with Crippen LogP contribution in [0.4, 0.5) is 0 Å². The average molecular weight is 262 g/mol. The summed E-state index contributed by atoms with van der Waals surface area (Å²) in [4.78, 5) is 2.54. The van der Waals surface area contributed by atoms with Crippen molar-refractivity contribution in [3.05, 3.63) is 35.9 Å². The van der Waals surface area contributed by atoms with Crippen molar-refractivity contribution in [3.8, 4) is 0 Å². The van der Waals surface area contributed by atoms with Gasteiger partial charge in [0.1, 0.15) is 0 Å². The molecule has 0 spiro atoms. The van der Waals surface area contributed by atoms with E-state index in [0.717, 1.165) is 25.6 Å². The summed E-state index contributed by atoms with van der Waals surface area (Å²) in [6, 6.07) is 10.7. The fourth-order valence-corrected chi connectivity index (χ4v) is 2.73. The molecular formula is C16H26N2O. The lowest BCUT2D eigenvalue weighted by molar-refractivity contribution is 0.126. The molecule has 0 radical (unpaired) electrons. The van der Waals surface area contributed by atoms with Crippen LogP contribution in [0.5, 0.6) is 0 Å². The van der Waals surface area contributed by atoms with Crippen LogP contribution in [0.2, 0.25) is 0 Å². The van der Waals surface area contributed by atoms with Gasteiger partial charge in [0.25, 0.3) is 0 Å². The van der Waals surface area contributed by atoms with Crippen molar-refractivity contribution >= 4 is 0 Å². The van der Waals surface area contributed by atoms with Crippen molar-refractivity contribution < 1.29 is 4.74 Å². The number of ether oxygens (including phenoxy) is 1. The third-order valence-electron chi connectivity index (χ3n) is 3.84. The predicted octanol–water partition coefficient (Wildman–Crippen LogP) is 2.13. The van der Waals surface area contributed by atoms with Crippen molar-refractivity contribution in [1.82, 2.24) is 10.2 Å². The zero-order valence-electron chi connectivity index (χ0n) is 12.0. The molecule has 0 aromatic heterocycles. The first kappa shape index (κ1) is 14.5. The number of hydrogen-bond donors (Lipinski definition) is 1. The van der Waals surface area contributed by atoms with Gasteiger partial charge in [-0.2, -0.15) is 0 Å². The second-order valence-corrected chi connectivity index (χ2v) is 5.41. The third kappa shape index (κ3) is 5.31. The minimum absolute atomic E-state index is 0.817. The minimum Gasteiger partial charge on any atom is -0.383 e. The number of methoxy groups -OCH3 is 1. The Morgan fingerprint density at radius 2 is 1.95 bits per heavy atom. The van der Waals surface area contributed by atoms with Crippen molar-refractivity contribution in [2.45, 2.75) is 19.4 Å². The normalized spacial score (nSPS) is 16.9. The smallest absolute Gasteiger partial charge is 0.0589 e. The Balaban J connectivity index is 1.87. The van der Waals surface area contributed by atoms with E-state index in [-0.39, 0.29) is 0 Å². The maximum Gasteiger partial charge on any atom is 0.0589 e. The summed E-state index contributed by atoms with van der Waals surface area (Å²) in [6.45, 7) is 6.42. The van der Waals surface area contributed by atoms with Crippen LogP contribution in [0.1, 0.15) is 18.4 Å². The molecule has 3 heteroatoms. The van der Waals surface area contributed by atoms with Crippen LogP contribution in [0, 0.1) is 5.92 Å². The highest BCUT2D eigenvalue weighted by molar-refractivity contribution is 5.14. The molecule has 1 aromatic rings. The van der Waals surface area contributed by atoms with Gasteiger partial charge in [0, 0.05) is 26.7 Å². The summed E-state index contributed by atoms with van der Waals surface area (Å²) in [6.07, 6.45) is 2.61. The van der Waals surface area contributed by atoms with E-state index in [4.69, 9.17) is 4.74 Å². The largest absolute Gasteiger partial charge is 0.383 e. The molecule has 1 saturated heterocycles. The van der Waals surface area contributed by atoms with E-state index in [9.17, 15) is 0 Å². The Hall–Kier alpha value is -0.900. The summed E-state index contributed by atoms with van der Waals surface area (Å²) in [5.41, 5.74) is 1.40. The molecule has 106 valence electrons. The average Bonchev–Trinajstić information content (AvgIpc) is 2.47. The number of nitrogens with zero attached hydrogens (tertiary/aromatic N) is 1. The molecule has 0 aliphatic carbocycles. The maximum absolute atomic E-state index is 5.25. The van der Waals surface area contributed by atoms with E-state index in [0.29, 0.717) is 0 Å². The van der Waals surface area contributed by atoms with Gasteiger partial charge in [-0.15, -0.1) is 0 Å². The highest BCUT2D eigenvalue weighted by Crippen LogP contribution is 2.15. The van der Waals surface area contributed by atoms with Crippen LogP contribution >= 0.6 is 0 Å². The van der Waals surface area contributed by atoms with Crippen LogP contribution in [-0.4, -0.2) is 44.8 Å². The summed E-state index contributed by atoms with van der Waals surface area (Å²) in [5.74, 6) is 0.835. The monoisotopic (exact) mass is 262 g/mol. The lowest BCUT2D eigenvalue weighted by Crippen LogP contribution is -2.37. The zero-order valence-corrected chi connectivity index (χ0v) is 12.0. The molecule has 1 N–H and O–H groups in total. The van der Waals surface area contributed by atoms with Crippen molar-refractivity contribution in [1.29, 1.82) is 0 Å². The zero-order chi connectivity index (χ0) is 13.3. The van der Waals surface area contributed by atoms with E-state index in [1.165, 1.54) is 38.0 Å². The molecule has 3 nitrogen and oxygen atoms in total. The molecule has 19 heavy (non-hydrogen) atoms. The Labute approximate surface area is 116 Å². The Morgan fingerprint density at radius 3 is 2.63 bits per heavy atom. The molecule has 1 fully saturated rings. The molecule has 0 saturated carbocycles. The van der Waals surface area contributed by atoms with Gasteiger partial charge in [0.2, 0.25) is 0 Å². The summed E-state index contributed by atoms with van der Waals surface area (Å²) >= 11 is 0. The Kier molecular flexibility index (Phi) is 6.34. The number of benzene rings is 1. The number of nitrogens with one attached hydrogen (secondary N) is 1. The van der Waals surface area contributed by atoms with Gasteiger partial charge in [-0.05, 0) is 37.4 Å².